The Bertz CT molecular complexity index is 279. The van der Waals surface area contributed by atoms with Crippen molar-refractivity contribution in [1.82, 2.24) is 4.98 Å². The van der Waals surface area contributed by atoms with E-state index in [0.29, 0.717) is 0 Å². The van der Waals surface area contributed by atoms with E-state index in [0.717, 1.165) is 37.6 Å². The van der Waals surface area contributed by atoms with Crippen molar-refractivity contribution in [3.63, 3.8) is 0 Å². The highest BCUT2D eigenvalue weighted by Crippen LogP contribution is 2.19. The van der Waals surface area contributed by atoms with Crippen molar-refractivity contribution in [2.45, 2.75) is 12.8 Å². The average molecular weight is 210 g/mol. The van der Waals surface area contributed by atoms with Crippen molar-refractivity contribution >= 4 is 5.82 Å². The normalized spacial score (nSPS) is 10.0. The molecule has 4 nitrogen and oxygen atoms in total. The molecule has 1 aromatic heterocycles. The van der Waals surface area contributed by atoms with E-state index in [4.69, 9.17) is 9.47 Å². The molecule has 0 saturated heterocycles. The highest BCUT2D eigenvalue weighted by Gasteiger charge is 2.00. The molecule has 1 aromatic rings. The van der Waals surface area contributed by atoms with Crippen molar-refractivity contribution in [2.75, 3.05) is 32.7 Å². The van der Waals surface area contributed by atoms with Gasteiger partial charge in [0, 0.05) is 26.5 Å². The van der Waals surface area contributed by atoms with Crippen LogP contribution in [0.4, 0.5) is 5.82 Å². The highest BCUT2D eigenvalue weighted by molar-refractivity contribution is 5.49. The number of pyridine rings is 1. The van der Waals surface area contributed by atoms with Gasteiger partial charge in [-0.05, 0) is 25.0 Å². The quantitative estimate of drug-likeness (QED) is 0.698. The summed E-state index contributed by atoms with van der Waals surface area (Å²) in [7, 11) is 3.36. The summed E-state index contributed by atoms with van der Waals surface area (Å²) in [6.07, 6.45) is 3.87. The van der Waals surface area contributed by atoms with Gasteiger partial charge in [0.1, 0.15) is 0 Å². The summed E-state index contributed by atoms with van der Waals surface area (Å²) < 4.78 is 10.1. The van der Waals surface area contributed by atoms with Crippen LogP contribution in [-0.2, 0) is 4.74 Å². The number of anilines is 1. The second-order valence-electron chi connectivity index (χ2n) is 3.18. The summed E-state index contributed by atoms with van der Waals surface area (Å²) in [5, 5.41) is 3.23. The van der Waals surface area contributed by atoms with Gasteiger partial charge in [-0.25, -0.2) is 4.98 Å². The molecule has 0 aliphatic rings. The number of nitrogens with zero attached hydrogens (tertiary/aromatic N) is 1. The number of ether oxygens (including phenoxy) is 2. The van der Waals surface area contributed by atoms with E-state index in [1.807, 2.05) is 12.1 Å². The van der Waals surface area contributed by atoms with Gasteiger partial charge < -0.3 is 14.8 Å². The summed E-state index contributed by atoms with van der Waals surface area (Å²) in [5.74, 6) is 1.58. The molecule has 4 heteroatoms. The molecule has 84 valence electrons. The molecule has 1 rings (SSSR count). The molecule has 0 aliphatic carbocycles. The smallest absolute Gasteiger partial charge is 0.168 e. The fourth-order valence-electron chi connectivity index (χ4n) is 1.27. The lowest BCUT2D eigenvalue weighted by Gasteiger charge is -2.08. The van der Waals surface area contributed by atoms with Crippen LogP contribution in [0.2, 0.25) is 0 Å². The number of rotatable bonds is 7. The van der Waals surface area contributed by atoms with Gasteiger partial charge in [-0.3, -0.25) is 0 Å². The molecule has 0 saturated carbocycles. The Morgan fingerprint density at radius 3 is 2.93 bits per heavy atom. The van der Waals surface area contributed by atoms with E-state index in [1.54, 1.807) is 20.4 Å². The number of hydrogen-bond acceptors (Lipinski definition) is 4. The van der Waals surface area contributed by atoms with Gasteiger partial charge in [-0.15, -0.1) is 0 Å². The first-order valence-electron chi connectivity index (χ1n) is 5.10. The van der Waals surface area contributed by atoms with E-state index in [1.165, 1.54) is 0 Å². The molecule has 0 radical (unpaired) electrons. The Morgan fingerprint density at radius 1 is 1.33 bits per heavy atom. The fraction of sp³-hybridized carbons (Fsp3) is 0.545. The molecular weight excluding hydrogens is 192 g/mol. The molecule has 15 heavy (non-hydrogen) atoms. The zero-order valence-corrected chi connectivity index (χ0v) is 9.32. The van der Waals surface area contributed by atoms with Crippen LogP contribution in [-0.4, -0.2) is 32.4 Å². The monoisotopic (exact) mass is 210 g/mol. The van der Waals surface area contributed by atoms with Crippen LogP contribution in [0.5, 0.6) is 5.75 Å². The maximum atomic E-state index is 5.17. The van der Waals surface area contributed by atoms with Gasteiger partial charge in [-0.1, -0.05) is 0 Å². The lowest BCUT2D eigenvalue weighted by atomic mass is 10.3. The molecule has 1 heterocycles. The molecule has 0 atom stereocenters. The Morgan fingerprint density at radius 2 is 2.20 bits per heavy atom. The van der Waals surface area contributed by atoms with E-state index in [2.05, 4.69) is 10.3 Å². The first kappa shape index (κ1) is 11.8. The summed E-state index contributed by atoms with van der Waals surface area (Å²) in [6.45, 7) is 1.69. The van der Waals surface area contributed by atoms with Crippen molar-refractivity contribution in [2.24, 2.45) is 0 Å². The first-order valence-corrected chi connectivity index (χ1v) is 5.10. The van der Waals surface area contributed by atoms with Gasteiger partial charge in [0.05, 0.1) is 7.11 Å². The first-order chi connectivity index (χ1) is 7.38. The number of hydrogen-bond donors (Lipinski definition) is 1. The Labute approximate surface area is 90.6 Å². The van der Waals surface area contributed by atoms with Gasteiger partial charge in [0.25, 0.3) is 0 Å². The van der Waals surface area contributed by atoms with Crippen LogP contribution < -0.4 is 10.1 Å². The maximum Gasteiger partial charge on any atom is 0.168 e. The van der Waals surface area contributed by atoms with Crippen LogP contribution in [0.1, 0.15) is 12.8 Å². The molecular formula is C11H18N2O2. The number of unbranched alkanes of at least 4 members (excludes halogenated alkanes) is 1. The Kier molecular flexibility index (Phi) is 5.55. The summed E-state index contributed by atoms with van der Waals surface area (Å²) >= 11 is 0. The van der Waals surface area contributed by atoms with Gasteiger partial charge in [0.2, 0.25) is 0 Å². The molecule has 0 amide bonds. The van der Waals surface area contributed by atoms with Crippen LogP contribution >= 0.6 is 0 Å². The maximum absolute atomic E-state index is 5.17. The summed E-state index contributed by atoms with van der Waals surface area (Å²) in [5.41, 5.74) is 0. The van der Waals surface area contributed by atoms with Crippen molar-refractivity contribution < 1.29 is 9.47 Å². The van der Waals surface area contributed by atoms with E-state index >= 15 is 0 Å². The Hall–Kier alpha value is -1.29. The third-order valence-corrected chi connectivity index (χ3v) is 2.06. The molecule has 1 N–H and O–H groups in total. The SMILES string of the molecule is COCCCCNc1ncccc1OC. The molecule has 0 spiro atoms. The minimum absolute atomic E-state index is 0.782. The third kappa shape index (κ3) is 4.16. The zero-order chi connectivity index (χ0) is 10.9. The van der Waals surface area contributed by atoms with Crippen molar-refractivity contribution in [3.8, 4) is 5.75 Å². The second kappa shape index (κ2) is 7.06. The van der Waals surface area contributed by atoms with Gasteiger partial charge in [-0.2, -0.15) is 0 Å². The fourth-order valence-corrected chi connectivity index (χ4v) is 1.27. The topological polar surface area (TPSA) is 43.4 Å². The number of methoxy groups -OCH3 is 2. The minimum Gasteiger partial charge on any atom is -0.493 e. The second-order valence-corrected chi connectivity index (χ2v) is 3.18. The van der Waals surface area contributed by atoms with Gasteiger partial charge in [0.15, 0.2) is 11.6 Å². The van der Waals surface area contributed by atoms with Gasteiger partial charge >= 0.3 is 0 Å². The largest absolute Gasteiger partial charge is 0.493 e. The van der Waals surface area contributed by atoms with E-state index in [-0.39, 0.29) is 0 Å². The van der Waals surface area contributed by atoms with Crippen LogP contribution in [0.3, 0.4) is 0 Å². The van der Waals surface area contributed by atoms with Crippen molar-refractivity contribution in [3.05, 3.63) is 18.3 Å². The summed E-state index contributed by atoms with van der Waals surface area (Å²) in [6, 6.07) is 3.75. The summed E-state index contributed by atoms with van der Waals surface area (Å²) in [4.78, 5) is 4.20. The number of aromatic nitrogens is 1. The molecule has 0 fully saturated rings. The average Bonchev–Trinajstić information content (AvgIpc) is 2.29. The predicted molar refractivity (Wildman–Crippen MR) is 60.4 cm³/mol. The lowest BCUT2D eigenvalue weighted by molar-refractivity contribution is 0.193. The van der Waals surface area contributed by atoms with E-state index in [9.17, 15) is 0 Å². The zero-order valence-electron chi connectivity index (χ0n) is 9.32. The molecule has 0 aliphatic heterocycles. The highest BCUT2D eigenvalue weighted by atomic mass is 16.5. The van der Waals surface area contributed by atoms with Crippen LogP contribution in [0, 0.1) is 0 Å². The van der Waals surface area contributed by atoms with Crippen molar-refractivity contribution in [1.29, 1.82) is 0 Å². The standard InChI is InChI=1S/C11H18N2O2/c1-14-9-4-3-7-12-11-10(15-2)6-5-8-13-11/h5-6,8H,3-4,7,9H2,1-2H3,(H,12,13). The Balaban J connectivity index is 2.30. The minimum atomic E-state index is 0.782. The molecule has 0 aromatic carbocycles. The molecule has 0 unspecified atom stereocenters. The van der Waals surface area contributed by atoms with E-state index < -0.39 is 0 Å². The van der Waals surface area contributed by atoms with Crippen LogP contribution in [0.25, 0.3) is 0 Å². The predicted octanol–water partition coefficient (Wildman–Crippen LogP) is 1.93. The molecule has 0 bridgehead atoms. The number of nitrogens with one attached hydrogen (secondary N) is 1. The lowest BCUT2D eigenvalue weighted by Crippen LogP contribution is -2.05. The van der Waals surface area contributed by atoms with Crippen LogP contribution in [0.15, 0.2) is 18.3 Å². The third-order valence-electron chi connectivity index (χ3n) is 2.06.